The van der Waals surface area contributed by atoms with Crippen molar-refractivity contribution in [1.82, 2.24) is 0 Å². The molecule has 0 atom stereocenters. The molecular formula is C13H23Cl. The molecule has 0 aromatic rings. The zero-order chi connectivity index (χ0) is 10.5. The molecule has 0 saturated carbocycles. The molecule has 0 nitrogen and oxygen atoms in total. The molecular weight excluding hydrogens is 192 g/mol. The summed E-state index contributed by atoms with van der Waals surface area (Å²) in [6.45, 7) is 2.22. The lowest BCUT2D eigenvalue weighted by Gasteiger charge is -1.92. The molecule has 1 heteroatoms. The predicted octanol–water partition coefficient (Wildman–Crippen LogP) is 5.09. The van der Waals surface area contributed by atoms with Crippen molar-refractivity contribution in [3.8, 4) is 0 Å². The second-order valence-corrected chi connectivity index (χ2v) is 3.91. The van der Waals surface area contributed by atoms with E-state index in [0.717, 1.165) is 12.3 Å². The van der Waals surface area contributed by atoms with Gasteiger partial charge in [-0.2, -0.15) is 0 Å². The number of allylic oxidation sites excluding steroid dienone is 4. The molecule has 0 aromatic carbocycles. The Morgan fingerprint density at radius 3 is 2.07 bits per heavy atom. The van der Waals surface area contributed by atoms with Gasteiger partial charge in [0, 0.05) is 5.88 Å². The van der Waals surface area contributed by atoms with Gasteiger partial charge < -0.3 is 0 Å². The Kier molecular flexibility index (Phi) is 12.6. The predicted molar refractivity (Wildman–Crippen MR) is 67.0 cm³/mol. The average Bonchev–Trinajstić information content (AvgIpc) is 2.21. The second-order valence-electron chi connectivity index (χ2n) is 3.54. The largest absolute Gasteiger partial charge is 0.127 e. The van der Waals surface area contributed by atoms with Crippen LogP contribution in [0.5, 0.6) is 0 Å². The summed E-state index contributed by atoms with van der Waals surface area (Å²) in [5.41, 5.74) is 0. The van der Waals surface area contributed by atoms with Crippen molar-refractivity contribution in [2.45, 2.75) is 51.9 Å². The summed E-state index contributed by atoms with van der Waals surface area (Å²) < 4.78 is 0. The summed E-state index contributed by atoms with van der Waals surface area (Å²) in [6.07, 6.45) is 17.5. The molecule has 0 saturated heterocycles. The highest BCUT2D eigenvalue weighted by Gasteiger charge is 1.84. The highest BCUT2D eigenvalue weighted by atomic mass is 35.5. The van der Waals surface area contributed by atoms with Crippen molar-refractivity contribution in [3.05, 3.63) is 24.3 Å². The monoisotopic (exact) mass is 214 g/mol. The first-order chi connectivity index (χ1) is 6.91. The summed E-state index contributed by atoms with van der Waals surface area (Å²) in [6, 6.07) is 0. The minimum atomic E-state index is 0.806. The Hall–Kier alpha value is -0.230. The topological polar surface area (TPSA) is 0 Å². The maximum Gasteiger partial charge on any atom is 0.0223 e. The zero-order valence-electron chi connectivity index (χ0n) is 9.34. The van der Waals surface area contributed by atoms with Crippen LogP contribution >= 0.6 is 11.6 Å². The lowest BCUT2D eigenvalue weighted by atomic mass is 10.2. The van der Waals surface area contributed by atoms with E-state index in [1.54, 1.807) is 0 Å². The Bertz CT molecular complexity index is 147. The Morgan fingerprint density at radius 2 is 1.50 bits per heavy atom. The lowest BCUT2D eigenvalue weighted by molar-refractivity contribution is 0.732. The maximum atomic E-state index is 5.58. The molecule has 82 valence electrons. The van der Waals surface area contributed by atoms with Crippen LogP contribution in [-0.2, 0) is 0 Å². The van der Waals surface area contributed by atoms with Gasteiger partial charge in [0.1, 0.15) is 0 Å². The second kappa shape index (κ2) is 12.8. The van der Waals surface area contributed by atoms with E-state index in [2.05, 4.69) is 31.2 Å². The summed E-state index contributed by atoms with van der Waals surface area (Å²) in [4.78, 5) is 0. The highest BCUT2D eigenvalue weighted by molar-refractivity contribution is 6.17. The van der Waals surface area contributed by atoms with Gasteiger partial charge in [-0.1, -0.05) is 50.5 Å². The Balaban J connectivity index is 3.14. The van der Waals surface area contributed by atoms with E-state index in [0.29, 0.717) is 0 Å². The molecule has 0 aliphatic carbocycles. The van der Waals surface area contributed by atoms with Crippen LogP contribution in [0.4, 0.5) is 0 Å². The van der Waals surface area contributed by atoms with Crippen LogP contribution in [-0.4, -0.2) is 5.88 Å². The van der Waals surface area contributed by atoms with Gasteiger partial charge in [0.05, 0.1) is 0 Å². The van der Waals surface area contributed by atoms with Gasteiger partial charge in [-0.05, 0) is 25.7 Å². The Morgan fingerprint density at radius 1 is 0.857 bits per heavy atom. The molecule has 0 bridgehead atoms. The van der Waals surface area contributed by atoms with Gasteiger partial charge in [0.15, 0.2) is 0 Å². The van der Waals surface area contributed by atoms with Crippen LogP contribution in [0.2, 0.25) is 0 Å². The third kappa shape index (κ3) is 11.8. The minimum Gasteiger partial charge on any atom is -0.127 e. The minimum absolute atomic E-state index is 0.806. The molecule has 0 fully saturated rings. The van der Waals surface area contributed by atoms with Crippen LogP contribution in [0, 0.1) is 0 Å². The van der Waals surface area contributed by atoms with Crippen molar-refractivity contribution < 1.29 is 0 Å². The van der Waals surface area contributed by atoms with Crippen LogP contribution in [0.25, 0.3) is 0 Å². The summed E-state index contributed by atoms with van der Waals surface area (Å²) in [5, 5.41) is 0. The quantitative estimate of drug-likeness (QED) is 0.285. The summed E-state index contributed by atoms with van der Waals surface area (Å²) in [5.74, 6) is 0.806. The highest BCUT2D eigenvalue weighted by Crippen LogP contribution is 2.02. The standard InChI is InChI=1S/C13H23Cl/c1-2-3-4-5-6-7-8-9-10-11-12-13-14/h5-8H,2-4,9-13H2,1H3/b6-5+,8-7-. The fourth-order valence-corrected chi connectivity index (χ4v) is 1.39. The molecule has 0 spiro atoms. The van der Waals surface area contributed by atoms with Gasteiger partial charge in [-0.25, -0.2) is 0 Å². The molecule has 0 N–H and O–H groups in total. The number of unbranched alkanes of at least 4 members (excludes halogenated alkanes) is 5. The fraction of sp³-hybridized carbons (Fsp3) is 0.692. The molecule has 0 rings (SSSR count). The smallest absolute Gasteiger partial charge is 0.0223 e. The third-order valence-electron chi connectivity index (χ3n) is 2.11. The summed E-state index contributed by atoms with van der Waals surface area (Å²) in [7, 11) is 0. The molecule has 14 heavy (non-hydrogen) atoms. The molecule has 0 aromatic heterocycles. The summed E-state index contributed by atoms with van der Waals surface area (Å²) >= 11 is 5.58. The fourth-order valence-electron chi connectivity index (χ4n) is 1.21. The van der Waals surface area contributed by atoms with E-state index in [9.17, 15) is 0 Å². The average molecular weight is 215 g/mol. The first-order valence-electron chi connectivity index (χ1n) is 5.79. The van der Waals surface area contributed by atoms with Gasteiger partial charge in [-0.15, -0.1) is 11.6 Å². The van der Waals surface area contributed by atoms with Gasteiger partial charge >= 0.3 is 0 Å². The first kappa shape index (κ1) is 13.8. The SMILES string of the molecule is CCCC/C=C/C=C\CCCCCCl. The van der Waals surface area contributed by atoms with Crippen molar-refractivity contribution >= 4 is 11.6 Å². The number of hydrogen-bond acceptors (Lipinski definition) is 0. The van der Waals surface area contributed by atoms with Crippen LogP contribution in [0.1, 0.15) is 51.9 Å². The van der Waals surface area contributed by atoms with Gasteiger partial charge in [0.2, 0.25) is 0 Å². The van der Waals surface area contributed by atoms with E-state index in [1.165, 1.54) is 38.5 Å². The molecule has 0 aliphatic rings. The van der Waals surface area contributed by atoms with Crippen LogP contribution in [0.15, 0.2) is 24.3 Å². The van der Waals surface area contributed by atoms with E-state index in [4.69, 9.17) is 11.6 Å². The molecule has 0 aliphatic heterocycles. The van der Waals surface area contributed by atoms with Crippen LogP contribution in [0.3, 0.4) is 0 Å². The number of rotatable bonds is 9. The first-order valence-corrected chi connectivity index (χ1v) is 6.33. The normalized spacial score (nSPS) is 11.9. The molecule has 0 amide bonds. The van der Waals surface area contributed by atoms with Crippen LogP contribution < -0.4 is 0 Å². The maximum absolute atomic E-state index is 5.58. The van der Waals surface area contributed by atoms with Crippen molar-refractivity contribution in [1.29, 1.82) is 0 Å². The van der Waals surface area contributed by atoms with E-state index in [-0.39, 0.29) is 0 Å². The van der Waals surface area contributed by atoms with Gasteiger partial charge in [-0.3, -0.25) is 0 Å². The molecule has 0 unspecified atom stereocenters. The number of hydrogen-bond donors (Lipinski definition) is 0. The lowest BCUT2D eigenvalue weighted by Crippen LogP contribution is -1.75. The van der Waals surface area contributed by atoms with Crippen molar-refractivity contribution in [2.24, 2.45) is 0 Å². The van der Waals surface area contributed by atoms with E-state index >= 15 is 0 Å². The van der Waals surface area contributed by atoms with Crippen molar-refractivity contribution in [3.63, 3.8) is 0 Å². The Labute approximate surface area is 94.0 Å². The van der Waals surface area contributed by atoms with E-state index < -0.39 is 0 Å². The number of halogens is 1. The molecule has 0 radical (unpaired) electrons. The van der Waals surface area contributed by atoms with Crippen molar-refractivity contribution in [2.75, 3.05) is 5.88 Å². The van der Waals surface area contributed by atoms with Gasteiger partial charge in [0.25, 0.3) is 0 Å². The van der Waals surface area contributed by atoms with E-state index in [1.807, 2.05) is 0 Å². The molecule has 0 heterocycles. The number of alkyl halides is 1. The zero-order valence-corrected chi connectivity index (χ0v) is 10.1. The third-order valence-corrected chi connectivity index (χ3v) is 2.38.